The summed E-state index contributed by atoms with van der Waals surface area (Å²) in [4.78, 5) is 15.0. The number of nitriles is 1. The van der Waals surface area contributed by atoms with E-state index in [0.29, 0.717) is 26.3 Å². The van der Waals surface area contributed by atoms with Crippen molar-refractivity contribution in [2.24, 2.45) is 0 Å². The Labute approximate surface area is 171 Å². The molecule has 1 heterocycles. The molecule has 1 amide bonds. The van der Waals surface area contributed by atoms with E-state index in [2.05, 4.69) is 30.3 Å². The van der Waals surface area contributed by atoms with Gasteiger partial charge in [-0.3, -0.25) is 4.79 Å². The van der Waals surface area contributed by atoms with Gasteiger partial charge in [-0.1, -0.05) is 54.6 Å². The summed E-state index contributed by atoms with van der Waals surface area (Å²) in [6.45, 7) is 6.28. The summed E-state index contributed by atoms with van der Waals surface area (Å²) < 4.78 is 5.38. The molecule has 0 atom stereocenters. The lowest BCUT2D eigenvalue weighted by atomic mass is 9.85. The first-order valence-corrected chi connectivity index (χ1v) is 9.92. The molecule has 1 saturated heterocycles. The van der Waals surface area contributed by atoms with Gasteiger partial charge in [-0.15, -0.1) is 0 Å². The Kier molecular flexibility index (Phi) is 5.08. The third-order valence-corrected chi connectivity index (χ3v) is 5.65. The molecule has 0 unspecified atom stereocenters. The highest BCUT2D eigenvalue weighted by Crippen LogP contribution is 2.32. The van der Waals surface area contributed by atoms with Crippen LogP contribution in [-0.4, -0.2) is 37.1 Å². The zero-order valence-corrected chi connectivity index (χ0v) is 16.8. The maximum atomic E-state index is 13.1. The third-order valence-electron chi connectivity index (χ3n) is 5.65. The fourth-order valence-corrected chi connectivity index (χ4v) is 3.82. The van der Waals surface area contributed by atoms with Gasteiger partial charge in [0.15, 0.2) is 0 Å². The predicted octanol–water partition coefficient (Wildman–Crippen LogP) is 4.78. The van der Waals surface area contributed by atoms with Crippen LogP contribution in [0.3, 0.4) is 0 Å². The highest BCUT2D eigenvalue weighted by molar-refractivity contribution is 6.10. The monoisotopic (exact) mass is 384 g/mol. The van der Waals surface area contributed by atoms with E-state index in [1.54, 1.807) is 0 Å². The molecule has 146 valence electrons. The zero-order valence-electron chi connectivity index (χ0n) is 16.8. The van der Waals surface area contributed by atoms with Crippen LogP contribution in [0.5, 0.6) is 0 Å². The number of nitrogens with zero attached hydrogens (tertiary/aromatic N) is 2. The van der Waals surface area contributed by atoms with Crippen molar-refractivity contribution in [3.05, 3.63) is 71.8 Å². The smallest absolute Gasteiger partial charge is 0.254 e. The molecule has 0 radical (unpaired) electrons. The summed E-state index contributed by atoms with van der Waals surface area (Å²) >= 11 is 0. The number of carbonyl (C=O) groups is 1. The SMILES string of the molecule is CC(C)(C#N)c1ccc(-c2cccc3c(C(=O)N4CCOCC4)cccc23)cc1. The van der Waals surface area contributed by atoms with Gasteiger partial charge in [0, 0.05) is 18.7 Å². The lowest BCUT2D eigenvalue weighted by molar-refractivity contribution is 0.0304. The topological polar surface area (TPSA) is 53.3 Å². The molecule has 4 heteroatoms. The fraction of sp³-hybridized carbons (Fsp3) is 0.280. The maximum absolute atomic E-state index is 13.1. The highest BCUT2D eigenvalue weighted by atomic mass is 16.5. The fourth-order valence-electron chi connectivity index (χ4n) is 3.82. The summed E-state index contributed by atoms with van der Waals surface area (Å²) in [6.07, 6.45) is 0. The van der Waals surface area contributed by atoms with Crippen molar-refractivity contribution in [1.29, 1.82) is 5.26 Å². The molecule has 0 saturated carbocycles. The zero-order chi connectivity index (χ0) is 20.4. The van der Waals surface area contributed by atoms with Gasteiger partial charge in [0.2, 0.25) is 0 Å². The standard InChI is InChI=1S/C25H24N2O2/c1-25(2,17-26)19-11-9-18(10-12-19)20-5-3-7-22-21(20)6-4-8-23(22)24(28)27-13-15-29-16-14-27/h3-12H,13-16H2,1-2H3. The van der Waals surface area contributed by atoms with Crippen LogP contribution in [0.2, 0.25) is 0 Å². The Hall–Kier alpha value is -3.16. The molecular formula is C25H24N2O2. The Morgan fingerprint density at radius 2 is 1.62 bits per heavy atom. The second-order valence-electron chi connectivity index (χ2n) is 7.92. The average Bonchev–Trinajstić information content (AvgIpc) is 2.78. The van der Waals surface area contributed by atoms with Crippen LogP contribution in [0.25, 0.3) is 21.9 Å². The van der Waals surface area contributed by atoms with Crippen LogP contribution < -0.4 is 0 Å². The van der Waals surface area contributed by atoms with Crippen LogP contribution in [0.4, 0.5) is 0 Å². The second-order valence-corrected chi connectivity index (χ2v) is 7.92. The normalized spacial score (nSPS) is 14.6. The number of ether oxygens (including phenoxy) is 1. The van der Waals surface area contributed by atoms with E-state index >= 15 is 0 Å². The van der Waals surface area contributed by atoms with Crippen molar-refractivity contribution in [3.8, 4) is 17.2 Å². The van der Waals surface area contributed by atoms with Crippen molar-refractivity contribution < 1.29 is 9.53 Å². The molecular weight excluding hydrogens is 360 g/mol. The van der Waals surface area contributed by atoms with Crippen molar-refractivity contribution >= 4 is 16.7 Å². The predicted molar refractivity (Wildman–Crippen MR) is 115 cm³/mol. The Morgan fingerprint density at radius 1 is 0.966 bits per heavy atom. The van der Waals surface area contributed by atoms with Crippen molar-refractivity contribution in [2.45, 2.75) is 19.3 Å². The third kappa shape index (κ3) is 3.62. The maximum Gasteiger partial charge on any atom is 0.254 e. The first-order chi connectivity index (χ1) is 14.0. The van der Waals surface area contributed by atoms with Crippen molar-refractivity contribution in [1.82, 2.24) is 4.90 Å². The quantitative estimate of drug-likeness (QED) is 0.653. The van der Waals surface area contributed by atoms with E-state index in [4.69, 9.17) is 4.74 Å². The van der Waals surface area contributed by atoms with E-state index in [9.17, 15) is 10.1 Å². The van der Waals surface area contributed by atoms with Crippen LogP contribution in [-0.2, 0) is 10.2 Å². The van der Waals surface area contributed by atoms with E-state index in [-0.39, 0.29) is 5.91 Å². The van der Waals surface area contributed by atoms with E-state index in [1.165, 1.54) is 0 Å². The summed E-state index contributed by atoms with van der Waals surface area (Å²) in [5.41, 5.74) is 3.36. The summed E-state index contributed by atoms with van der Waals surface area (Å²) in [5.74, 6) is 0.0576. The number of hydrogen-bond acceptors (Lipinski definition) is 3. The molecule has 3 aromatic rings. The van der Waals surface area contributed by atoms with Gasteiger partial charge in [-0.25, -0.2) is 0 Å². The Morgan fingerprint density at radius 3 is 2.31 bits per heavy atom. The van der Waals surface area contributed by atoms with Gasteiger partial charge in [0.25, 0.3) is 5.91 Å². The second kappa shape index (κ2) is 7.69. The average molecular weight is 384 g/mol. The molecule has 0 spiro atoms. The van der Waals surface area contributed by atoms with Crippen LogP contribution in [0, 0.1) is 11.3 Å². The number of hydrogen-bond donors (Lipinski definition) is 0. The van der Waals surface area contributed by atoms with E-state index in [1.807, 2.05) is 55.1 Å². The largest absolute Gasteiger partial charge is 0.378 e. The highest BCUT2D eigenvalue weighted by Gasteiger charge is 2.22. The first kappa shape index (κ1) is 19.2. The summed E-state index contributed by atoms with van der Waals surface area (Å²) in [5, 5.41) is 11.4. The minimum absolute atomic E-state index is 0.0576. The number of benzene rings is 3. The van der Waals surface area contributed by atoms with Gasteiger partial charge in [0.1, 0.15) is 0 Å². The van der Waals surface area contributed by atoms with Crippen LogP contribution in [0.1, 0.15) is 29.8 Å². The first-order valence-electron chi connectivity index (χ1n) is 9.92. The molecule has 1 aliphatic rings. The molecule has 0 bridgehead atoms. The summed E-state index contributed by atoms with van der Waals surface area (Å²) in [7, 11) is 0. The molecule has 4 nitrogen and oxygen atoms in total. The molecule has 0 N–H and O–H groups in total. The van der Waals surface area contributed by atoms with Crippen LogP contribution >= 0.6 is 0 Å². The van der Waals surface area contributed by atoms with E-state index < -0.39 is 5.41 Å². The minimum Gasteiger partial charge on any atom is -0.378 e. The molecule has 1 aliphatic heterocycles. The molecule has 4 rings (SSSR count). The number of morpholine rings is 1. The summed E-state index contributed by atoms with van der Waals surface area (Å²) in [6, 6.07) is 22.5. The molecule has 0 aromatic heterocycles. The number of rotatable bonds is 3. The van der Waals surface area contributed by atoms with Gasteiger partial charge < -0.3 is 9.64 Å². The number of fused-ring (bicyclic) bond motifs is 1. The Balaban J connectivity index is 1.75. The van der Waals surface area contributed by atoms with Gasteiger partial charge in [0.05, 0.1) is 24.7 Å². The number of carbonyl (C=O) groups excluding carboxylic acids is 1. The lowest BCUT2D eigenvalue weighted by Crippen LogP contribution is -2.40. The van der Waals surface area contributed by atoms with Gasteiger partial charge >= 0.3 is 0 Å². The van der Waals surface area contributed by atoms with Gasteiger partial charge in [-0.05, 0) is 47.4 Å². The van der Waals surface area contributed by atoms with Crippen molar-refractivity contribution in [2.75, 3.05) is 26.3 Å². The number of amides is 1. The molecule has 0 aliphatic carbocycles. The Bertz CT molecular complexity index is 1090. The van der Waals surface area contributed by atoms with E-state index in [0.717, 1.165) is 33.0 Å². The van der Waals surface area contributed by atoms with Gasteiger partial charge in [-0.2, -0.15) is 5.26 Å². The lowest BCUT2D eigenvalue weighted by Gasteiger charge is -2.27. The molecule has 3 aromatic carbocycles. The molecule has 1 fully saturated rings. The minimum atomic E-state index is -0.519. The van der Waals surface area contributed by atoms with Crippen LogP contribution in [0.15, 0.2) is 60.7 Å². The molecule has 29 heavy (non-hydrogen) atoms. The van der Waals surface area contributed by atoms with Crippen molar-refractivity contribution in [3.63, 3.8) is 0 Å².